The number of aryl methyl sites for hydroxylation is 1. The van der Waals surface area contributed by atoms with E-state index in [1.807, 2.05) is 35.9 Å². The number of likely N-dealkylation sites (N-methyl/N-ethyl adjacent to an activating group) is 1. The summed E-state index contributed by atoms with van der Waals surface area (Å²) >= 11 is 13.1. The van der Waals surface area contributed by atoms with Gasteiger partial charge in [-0.15, -0.1) is 0 Å². The van der Waals surface area contributed by atoms with Crippen LogP contribution in [0.25, 0.3) is 16.6 Å². The number of halogens is 2. The number of nitrogens with one attached hydrogen (secondary N) is 1. The zero-order chi connectivity index (χ0) is 27.0. The highest BCUT2D eigenvalue weighted by molar-refractivity contribution is 7.89. The number of sulfonamides is 1. The predicted molar refractivity (Wildman–Crippen MR) is 145 cm³/mol. The van der Waals surface area contributed by atoms with Gasteiger partial charge in [-0.05, 0) is 44.0 Å². The number of hydrogen-bond donors (Lipinski definition) is 1. The Bertz CT molecular complexity index is 1630. The van der Waals surface area contributed by atoms with Crippen molar-refractivity contribution in [3.8, 4) is 11.4 Å². The van der Waals surface area contributed by atoms with Crippen LogP contribution in [-0.4, -0.2) is 52.8 Å². The number of carbonyl (C=O) groups is 1. The fraction of sp³-hybridized carbons (Fsp3) is 0.269. The molecule has 4 aromatic rings. The second kappa shape index (κ2) is 10.5. The molecule has 0 radical (unpaired) electrons. The molecule has 38 heavy (non-hydrogen) atoms. The molecule has 9 nitrogen and oxygen atoms in total. The third-order valence-corrected chi connectivity index (χ3v) is 9.40. The number of pyridine rings is 1. The topological polar surface area (TPSA) is 106 Å². The summed E-state index contributed by atoms with van der Waals surface area (Å²) in [4.78, 5) is 21.0. The molecule has 1 aliphatic rings. The Labute approximate surface area is 230 Å². The van der Waals surface area contributed by atoms with E-state index in [4.69, 9.17) is 27.9 Å². The van der Waals surface area contributed by atoms with Gasteiger partial charge in [-0.1, -0.05) is 35.3 Å². The average molecular weight is 574 g/mol. The number of amides is 1. The third kappa shape index (κ3) is 4.73. The molecule has 1 fully saturated rings. The third-order valence-electron chi connectivity index (χ3n) is 6.55. The molecule has 2 aromatic heterocycles. The number of hydrogen-bond acceptors (Lipinski definition) is 6. The first-order chi connectivity index (χ1) is 18.2. The Balaban J connectivity index is 1.49. The number of para-hydroxylation sites is 1. The lowest BCUT2D eigenvalue weighted by Crippen LogP contribution is -2.44. The number of benzene rings is 2. The molecule has 0 spiro atoms. The van der Waals surface area contributed by atoms with Crippen molar-refractivity contribution in [2.24, 2.45) is 0 Å². The largest absolute Gasteiger partial charge is 0.487 e. The van der Waals surface area contributed by atoms with Gasteiger partial charge in [-0.2, -0.15) is 4.31 Å². The number of rotatable bonds is 7. The molecule has 0 saturated carbocycles. The van der Waals surface area contributed by atoms with E-state index in [-0.39, 0.29) is 34.0 Å². The first-order valence-electron chi connectivity index (χ1n) is 11.9. The normalized spacial score (nSPS) is 16.2. The van der Waals surface area contributed by atoms with E-state index in [1.165, 1.54) is 23.5 Å². The van der Waals surface area contributed by atoms with Gasteiger partial charge in [0, 0.05) is 47.7 Å². The lowest BCUT2D eigenvalue weighted by Gasteiger charge is -2.24. The van der Waals surface area contributed by atoms with Crippen molar-refractivity contribution >= 4 is 50.0 Å². The van der Waals surface area contributed by atoms with Crippen LogP contribution in [0, 0.1) is 6.92 Å². The molecule has 198 valence electrons. The molecule has 12 heteroatoms. The summed E-state index contributed by atoms with van der Waals surface area (Å²) in [5, 5.41) is 3.62. The Morgan fingerprint density at radius 1 is 1.24 bits per heavy atom. The lowest BCUT2D eigenvalue weighted by molar-refractivity contribution is -0.123. The highest BCUT2D eigenvalue weighted by Crippen LogP contribution is 2.37. The minimum absolute atomic E-state index is 0.0384. The highest BCUT2D eigenvalue weighted by Gasteiger charge is 2.40. The maximum Gasteiger partial charge on any atom is 0.245 e. The van der Waals surface area contributed by atoms with Crippen LogP contribution in [0.3, 0.4) is 0 Å². The number of ether oxygens (including phenoxy) is 1. The second-order valence-corrected chi connectivity index (χ2v) is 11.6. The van der Waals surface area contributed by atoms with Gasteiger partial charge < -0.3 is 14.6 Å². The van der Waals surface area contributed by atoms with Gasteiger partial charge >= 0.3 is 0 Å². The Morgan fingerprint density at radius 2 is 2.05 bits per heavy atom. The summed E-state index contributed by atoms with van der Waals surface area (Å²) in [5.41, 5.74) is 2.65. The van der Waals surface area contributed by atoms with Gasteiger partial charge in [-0.25, -0.2) is 18.4 Å². The first kappa shape index (κ1) is 26.4. The number of fused-ring (bicyclic) bond motifs is 1. The SMILES string of the molecule is CNC(=O)[C@@H]1CCCN1S(=O)(=O)c1ccc(Cl)c(COc2cccc3c(-n4ccnc4)cc(C)nc23)c1Cl. The Hall–Kier alpha value is -3.18. The fourth-order valence-corrected chi connectivity index (χ4v) is 7.22. The maximum absolute atomic E-state index is 13.5. The van der Waals surface area contributed by atoms with Crippen LogP contribution in [-0.2, 0) is 21.4 Å². The minimum Gasteiger partial charge on any atom is -0.487 e. The van der Waals surface area contributed by atoms with Crippen LogP contribution < -0.4 is 10.1 Å². The van der Waals surface area contributed by atoms with Gasteiger partial charge in [0.25, 0.3) is 0 Å². The highest BCUT2D eigenvalue weighted by atomic mass is 35.5. The van der Waals surface area contributed by atoms with Crippen molar-refractivity contribution in [1.29, 1.82) is 0 Å². The van der Waals surface area contributed by atoms with Crippen molar-refractivity contribution < 1.29 is 17.9 Å². The zero-order valence-corrected chi connectivity index (χ0v) is 23.0. The van der Waals surface area contributed by atoms with Gasteiger partial charge in [0.15, 0.2) is 0 Å². The summed E-state index contributed by atoms with van der Waals surface area (Å²) in [6.07, 6.45) is 6.28. The molecule has 1 saturated heterocycles. The van der Waals surface area contributed by atoms with Gasteiger partial charge in [-0.3, -0.25) is 4.79 Å². The smallest absolute Gasteiger partial charge is 0.245 e. The number of aromatic nitrogens is 3. The minimum atomic E-state index is -4.06. The molecule has 5 rings (SSSR count). The lowest BCUT2D eigenvalue weighted by atomic mass is 10.1. The molecular weight excluding hydrogens is 549 g/mol. The van der Waals surface area contributed by atoms with Crippen LogP contribution in [0.4, 0.5) is 0 Å². The van der Waals surface area contributed by atoms with Crippen LogP contribution in [0.15, 0.2) is 60.0 Å². The summed E-state index contributed by atoms with van der Waals surface area (Å²) in [7, 11) is -2.58. The Kier molecular flexibility index (Phi) is 7.32. The van der Waals surface area contributed by atoms with E-state index < -0.39 is 16.1 Å². The fourth-order valence-electron chi connectivity index (χ4n) is 4.70. The van der Waals surface area contributed by atoms with Crippen LogP contribution in [0.1, 0.15) is 24.1 Å². The van der Waals surface area contributed by atoms with Crippen LogP contribution in [0.2, 0.25) is 10.0 Å². The average Bonchev–Trinajstić information content (AvgIpc) is 3.61. The summed E-state index contributed by atoms with van der Waals surface area (Å²) in [6, 6.07) is 9.59. The standard InChI is InChI=1S/C26H25Cl2N5O4S/c1-16-13-21(32-12-10-30-15-32)17-5-3-7-22(25(17)31-16)37-14-18-19(27)8-9-23(24(18)28)38(35,36)33-11-4-6-20(33)26(34)29-2/h3,5,7-10,12-13,15,20H,4,6,11,14H2,1-2H3,(H,29,34)/t20-/m0/s1. The van der Waals surface area contributed by atoms with Crippen LogP contribution >= 0.6 is 23.2 Å². The van der Waals surface area contributed by atoms with E-state index >= 15 is 0 Å². The number of carbonyl (C=O) groups excluding carboxylic acids is 1. The zero-order valence-electron chi connectivity index (χ0n) is 20.7. The van der Waals surface area contributed by atoms with Crippen molar-refractivity contribution in [3.05, 3.63) is 76.4 Å². The molecule has 1 atom stereocenters. The molecule has 1 aliphatic heterocycles. The summed E-state index contributed by atoms with van der Waals surface area (Å²) in [6.45, 7) is 2.03. The first-order valence-corrected chi connectivity index (χ1v) is 14.1. The van der Waals surface area contributed by atoms with Crippen molar-refractivity contribution in [3.63, 3.8) is 0 Å². The van der Waals surface area contributed by atoms with Gasteiger partial charge in [0.05, 0.1) is 17.0 Å². The van der Waals surface area contributed by atoms with Gasteiger partial charge in [0.1, 0.15) is 28.8 Å². The molecule has 2 aromatic carbocycles. The summed E-state index contributed by atoms with van der Waals surface area (Å²) in [5.74, 6) is 0.140. The molecule has 1 N–H and O–H groups in total. The number of nitrogens with zero attached hydrogens (tertiary/aromatic N) is 4. The van der Waals surface area contributed by atoms with Gasteiger partial charge in [0.2, 0.25) is 15.9 Å². The molecular formula is C26H25Cl2N5O4S. The van der Waals surface area contributed by atoms with E-state index in [0.717, 1.165) is 16.8 Å². The molecule has 1 amide bonds. The van der Waals surface area contributed by atoms with E-state index in [2.05, 4.69) is 15.3 Å². The monoisotopic (exact) mass is 573 g/mol. The molecule has 3 heterocycles. The number of imidazole rings is 1. The van der Waals surface area contributed by atoms with Crippen LogP contribution in [0.5, 0.6) is 5.75 Å². The second-order valence-electron chi connectivity index (χ2n) is 8.92. The Morgan fingerprint density at radius 3 is 2.79 bits per heavy atom. The molecule has 0 unspecified atom stereocenters. The van der Waals surface area contributed by atoms with Crippen molar-refractivity contribution in [1.82, 2.24) is 24.2 Å². The van der Waals surface area contributed by atoms with Crippen molar-refractivity contribution in [2.45, 2.75) is 37.3 Å². The van der Waals surface area contributed by atoms with Crippen molar-refractivity contribution in [2.75, 3.05) is 13.6 Å². The summed E-state index contributed by atoms with van der Waals surface area (Å²) < 4.78 is 36.3. The maximum atomic E-state index is 13.5. The predicted octanol–water partition coefficient (Wildman–Crippen LogP) is 4.51. The molecule has 0 bridgehead atoms. The van der Waals surface area contributed by atoms with E-state index in [9.17, 15) is 13.2 Å². The van der Waals surface area contributed by atoms with E-state index in [0.29, 0.717) is 29.7 Å². The molecule has 0 aliphatic carbocycles. The quantitative estimate of drug-likeness (QED) is 0.348. The van der Waals surface area contributed by atoms with E-state index in [1.54, 1.807) is 18.6 Å².